The fraction of sp³-hybridized carbons (Fsp3) is 0.562. The first kappa shape index (κ1) is 13.9. The van der Waals surface area contributed by atoms with Crippen LogP contribution in [0.4, 0.5) is 5.69 Å². The van der Waals surface area contributed by atoms with Crippen LogP contribution in [0.2, 0.25) is 0 Å². The fourth-order valence-electron chi connectivity index (χ4n) is 3.10. The predicted octanol–water partition coefficient (Wildman–Crippen LogP) is 2.75. The molecule has 0 spiro atoms. The summed E-state index contributed by atoms with van der Waals surface area (Å²) < 4.78 is 0. The molecule has 19 heavy (non-hydrogen) atoms. The van der Waals surface area contributed by atoms with E-state index in [1.54, 1.807) is 0 Å². The molecule has 0 N–H and O–H groups in total. The van der Waals surface area contributed by atoms with Crippen LogP contribution in [0, 0.1) is 16.7 Å². The summed E-state index contributed by atoms with van der Waals surface area (Å²) in [6.45, 7) is 7.61. The van der Waals surface area contributed by atoms with E-state index in [0.29, 0.717) is 6.42 Å². The fourth-order valence-corrected chi connectivity index (χ4v) is 3.10. The van der Waals surface area contributed by atoms with E-state index >= 15 is 0 Å². The van der Waals surface area contributed by atoms with Gasteiger partial charge in [0.2, 0.25) is 0 Å². The minimum Gasteiger partial charge on any atom is -0.366 e. The van der Waals surface area contributed by atoms with Gasteiger partial charge in [-0.3, -0.25) is 0 Å². The van der Waals surface area contributed by atoms with Crippen LogP contribution in [0.3, 0.4) is 0 Å². The van der Waals surface area contributed by atoms with Gasteiger partial charge in [-0.2, -0.15) is 5.26 Å². The Bertz CT molecular complexity index is 447. The van der Waals surface area contributed by atoms with Gasteiger partial charge >= 0.3 is 0 Å². The molecular formula is C16H23N3. The van der Waals surface area contributed by atoms with Crippen molar-refractivity contribution in [2.75, 3.05) is 31.6 Å². The summed E-state index contributed by atoms with van der Waals surface area (Å²) in [4.78, 5) is 4.76. The van der Waals surface area contributed by atoms with Gasteiger partial charge < -0.3 is 9.80 Å². The zero-order valence-electron chi connectivity index (χ0n) is 12.1. The third kappa shape index (κ3) is 3.48. The lowest BCUT2D eigenvalue weighted by Crippen LogP contribution is -2.41. The molecule has 0 aliphatic carbocycles. The van der Waals surface area contributed by atoms with Gasteiger partial charge in [0.25, 0.3) is 0 Å². The van der Waals surface area contributed by atoms with Crippen molar-refractivity contribution < 1.29 is 0 Å². The van der Waals surface area contributed by atoms with Crippen molar-refractivity contribution in [2.24, 2.45) is 5.41 Å². The van der Waals surface area contributed by atoms with Crippen LogP contribution < -0.4 is 4.90 Å². The number of likely N-dealkylation sites (N-methyl/N-ethyl adjacent to an activating group) is 1. The second kappa shape index (κ2) is 5.63. The SMILES string of the molecule is CN1CC(CC#N)N(c2ccccc2)CC(C)(C)C1. The number of nitriles is 1. The van der Waals surface area contributed by atoms with E-state index in [4.69, 9.17) is 5.26 Å². The molecule has 1 aliphatic heterocycles. The van der Waals surface area contributed by atoms with E-state index in [1.165, 1.54) is 5.69 Å². The largest absolute Gasteiger partial charge is 0.366 e. The van der Waals surface area contributed by atoms with E-state index in [9.17, 15) is 0 Å². The van der Waals surface area contributed by atoms with Gasteiger partial charge in [-0.15, -0.1) is 0 Å². The Kier molecular flexibility index (Phi) is 4.11. The second-order valence-corrected chi connectivity index (χ2v) is 6.34. The third-order valence-electron chi connectivity index (χ3n) is 3.67. The van der Waals surface area contributed by atoms with Crippen LogP contribution in [-0.4, -0.2) is 37.6 Å². The molecular weight excluding hydrogens is 234 g/mol. The number of hydrogen-bond donors (Lipinski definition) is 0. The van der Waals surface area contributed by atoms with Gasteiger partial charge in [-0.05, 0) is 24.6 Å². The van der Waals surface area contributed by atoms with Gasteiger partial charge in [-0.25, -0.2) is 0 Å². The van der Waals surface area contributed by atoms with E-state index in [-0.39, 0.29) is 11.5 Å². The highest BCUT2D eigenvalue weighted by atomic mass is 15.2. The van der Waals surface area contributed by atoms with Gasteiger partial charge in [0.15, 0.2) is 0 Å². The minimum atomic E-state index is 0.231. The van der Waals surface area contributed by atoms with Crippen LogP contribution in [0.1, 0.15) is 20.3 Å². The quantitative estimate of drug-likeness (QED) is 0.816. The van der Waals surface area contributed by atoms with Crippen molar-refractivity contribution in [3.8, 4) is 6.07 Å². The number of hydrogen-bond acceptors (Lipinski definition) is 3. The molecule has 2 rings (SSSR count). The maximum atomic E-state index is 9.10. The van der Waals surface area contributed by atoms with Gasteiger partial charge in [-0.1, -0.05) is 32.0 Å². The van der Waals surface area contributed by atoms with Crippen LogP contribution >= 0.6 is 0 Å². The lowest BCUT2D eigenvalue weighted by molar-refractivity contribution is 0.239. The zero-order valence-corrected chi connectivity index (χ0v) is 12.1. The first-order valence-electron chi connectivity index (χ1n) is 6.89. The normalized spacial score (nSPS) is 23.7. The second-order valence-electron chi connectivity index (χ2n) is 6.34. The molecule has 0 radical (unpaired) electrons. The van der Waals surface area contributed by atoms with Gasteiger partial charge in [0.1, 0.15) is 0 Å². The molecule has 1 atom stereocenters. The molecule has 1 aromatic carbocycles. The summed E-state index contributed by atoms with van der Waals surface area (Å²) in [5.74, 6) is 0. The van der Waals surface area contributed by atoms with Crippen LogP contribution in [0.5, 0.6) is 0 Å². The monoisotopic (exact) mass is 257 g/mol. The Morgan fingerprint density at radius 3 is 2.58 bits per heavy atom. The summed E-state index contributed by atoms with van der Waals surface area (Å²) in [5.41, 5.74) is 1.46. The molecule has 0 amide bonds. The summed E-state index contributed by atoms with van der Waals surface area (Å²) in [6.07, 6.45) is 0.579. The Morgan fingerprint density at radius 1 is 1.26 bits per heavy atom. The Labute approximate surface area is 116 Å². The first-order valence-corrected chi connectivity index (χ1v) is 6.89. The van der Waals surface area contributed by atoms with E-state index < -0.39 is 0 Å². The molecule has 1 aromatic rings. The lowest BCUT2D eigenvalue weighted by Gasteiger charge is -2.35. The highest BCUT2D eigenvalue weighted by Crippen LogP contribution is 2.29. The van der Waals surface area contributed by atoms with Gasteiger partial charge in [0.05, 0.1) is 18.5 Å². The number of rotatable bonds is 2. The molecule has 0 saturated carbocycles. The van der Waals surface area contributed by atoms with Crippen molar-refractivity contribution in [1.29, 1.82) is 5.26 Å². The topological polar surface area (TPSA) is 30.3 Å². The van der Waals surface area contributed by atoms with Crippen molar-refractivity contribution in [3.63, 3.8) is 0 Å². The number of anilines is 1. The first-order chi connectivity index (χ1) is 9.02. The van der Waals surface area contributed by atoms with Crippen molar-refractivity contribution >= 4 is 5.69 Å². The predicted molar refractivity (Wildman–Crippen MR) is 79.1 cm³/mol. The zero-order chi connectivity index (χ0) is 13.9. The maximum absolute atomic E-state index is 9.10. The molecule has 0 aromatic heterocycles. The molecule has 1 unspecified atom stereocenters. The maximum Gasteiger partial charge on any atom is 0.0643 e. The average molecular weight is 257 g/mol. The molecule has 3 nitrogen and oxygen atoms in total. The number of para-hydroxylation sites is 1. The molecule has 1 fully saturated rings. The Morgan fingerprint density at radius 2 is 1.95 bits per heavy atom. The smallest absolute Gasteiger partial charge is 0.0643 e. The molecule has 1 aliphatic rings. The highest BCUT2D eigenvalue weighted by Gasteiger charge is 2.32. The summed E-state index contributed by atoms with van der Waals surface area (Å²) in [7, 11) is 2.15. The Hall–Kier alpha value is -1.53. The Balaban J connectivity index is 2.32. The number of benzene rings is 1. The van der Waals surface area contributed by atoms with Crippen molar-refractivity contribution in [3.05, 3.63) is 30.3 Å². The molecule has 0 bridgehead atoms. The molecule has 1 saturated heterocycles. The summed E-state index contributed by atoms with van der Waals surface area (Å²) in [6, 6.07) is 13.1. The highest BCUT2D eigenvalue weighted by molar-refractivity contribution is 5.48. The molecule has 1 heterocycles. The minimum absolute atomic E-state index is 0.231. The average Bonchev–Trinajstić information content (AvgIpc) is 2.46. The van der Waals surface area contributed by atoms with E-state index in [0.717, 1.165) is 19.6 Å². The lowest BCUT2D eigenvalue weighted by atomic mass is 9.92. The summed E-state index contributed by atoms with van der Waals surface area (Å²) >= 11 is 0. The molecule has 102 valence electrons. The standard InChI is InChI=1S/C16H23N3/c1-16(2)12-18(3)11-15(9-10-17)19(13-16)14-7-5-4-6-8-14/h4-8,15H,9,11-13H2,1-3H3. The van der Waals surface area contributed by atoms with Gasteiger partial charge in [0, 0.05) is 25.3 Å². The van der Waals surface area contributed by atoms with Crippen LogP contribution in [0.15, 0.2) is 30.3 Å². The third-order valence-corrected chi connectivity index (χ3v) is 3.67. The van der Waals surface area contributed by atoms with E-state index in [1.807, 2.05) is 6.07 Å². The van der Waals surface area contributed by atoms with Crippen molar-refractivity contribution in [2.45, 2.75) is 26.3 Å². The van der Waals surface area contributed by atoms with E-state index in [2.05, 4.69) is 61.0 Å². The molecule has 3 heteroatoms. The number of nitrogens with zero attached hydrogens (tertiary/aromatic N) is 3. The van der Waals surface area contributed by atoms with Crippen molar-refractivity contribution in [1.82, 2.24) is 4.90 Å². The summed E-state index contributed by atoms with van der Waals surface area (Å²) in [5, 5.41) is 9.10. The van der Waals surface area contributed by atoms with Crippen LogP contribution in [-0.2, 0) is 0 Å². The van der Waals surface area contributed by atoms with Crippen LogP contribution in [0.25, 0.3) is 0 Å².